The zero-order valence-electron chi connectivity index (χ0n) is 11.5. The van der Waals surface area contributed by atoms with Crippen molar-refractivity contribution in [2.24, 2.45) is 5.73 Å². The molecule has 0 unspecified atom stereocenters. The molecule has 0 aromatic heterocycles. The van der Waals surface area contributed by atoms with Crippen LogP contribution in [0.2, 0.25) is 0 Å². The normalized spacial score (nSPS) is 24.7. The molecule has 0 aromatic carbocycles. The van der Waals surface area contributed by atoms with Gasteiger partial charge in [0, 0.05) is 39.4 Å². The molecule has 19 heavy (non-hydrogen) atoms. The molecule has 7 heteroatoms. The van der Waals surface area contributed by atoms with Crippen molar-refractivity contribution in [1.29, 1.82) is 0 Å². The second kappa shape index (κ2) is 6.99. The molecule has 0 atom stereocenters. The van der Waals surface area contributed by atoms with E-state index >= 15 is 0 Å². The van der Waals surface area contributed by atoms with E-state index in [1.54, 1.807) is 4.31 Å². The van der Waals surface area contributed by atoms with E-state index in [0.29, 0.717) is 45.7 Å². The van der Waals surface area contributed by atoms with Crippen LogP contribution in [-0.4, -0.2) is 75.4 Å². The quantitative estimate of drug-likeness (QED) is 0.736. The lowest BCUT2D eigenvalue weighted by molar-refractivity contribution is 0.0962. The third-order valence-corrected chi connectivity index (χ3v) is 6.36. The molecule has 2 fully saturated rings. The van der Waals surface area contributed by atoms with E-state index in [9.17, 15) is 8.42 Å². The minimum Gasteiger partial charge on any atom is -0.381 e. The Hall–Kier alpha value is -0.210. The van der Waals surface area contributed by atoms with Gasteiger partial charge in [0.05, 0.1) is 5.25 Å². The number of ether oxygens (including phenoxy) is 1. The molecular formula is C12H25N3O3S. The zero-order valence-corrected chi connectivity index (χ0v) is 12.3. The van der Waals surface area contributed by atoms with Crippen molar-refractivity contribution in [3.63, 3.8) is 0 Å². The second-order valence-electron chi connectivity index (χ2n) is 5.24. The number of sulfonamides is 1. The number of nitrogens with two attached hydrogens (primary N) is 1. The fourth-order valence-electron chi connectivity index (χ4n) is 2.71. The standard InChI is InChI=1S/C12H25N3O3S/c13-4-1-5-14-6-8-15(9-7-14)19(16,17)12-2-10-18-11-3-12/h12H,1-11,13H2. The Kier molecular flexibility index (Phi) is 5.58. The van der Waals surface area contributed by atoms with Crippen LogP contribution in [0.15, 0.2) is 0 Å². The van der Waals surface area contributed by atoms with E-state index in [2.05, 4.69) is 4.90 Å². The Morgan fingerprint density at radius 2 is 1.74 bits per heavy atom. The van der Waals surface area contributed by atoms with Crippen molar-refractivity contribution >= 4 is 10.0 Å². The third-order valence-electron chi connectivity index (χ3n) is 3.96. The number of hydrogen-bond acceptors (Lipinski definition) is 5. The van der Waals surface area contributed by atoms with Gasteiger partial charge in [-0.3, -0.25) is 0 Å². The summed E-state index contributed by atoms with van der Waals surface area (Å²) in [6.07, 6.45) is 2.25. The lowest BCUT2D eigenvalue weighted by Crippen LogP contribution is -2.52. The molecular weight excluding hydrogens is 266 g/mol. The largest absolute Gasteiger partial charge is 0.381 e. The summed E-state index contributed by atoms with van der Waals surface area (Å²) in [6.45, 7) is 5.68. The van der Waals surface area contributed by atoms with Crippen molar-refractivity contribution in [3.8, 4) is 0 Å². The number of hydrogen-bond donors (Lipinski definition) is 1. The first kappa shape index (κ1) is 15.2. The summed E-state index contributed by atoms with van der Waals surface area (Å²) in [5.41, 5.74) is 5.49. The zero-order chi connectivity index (χ0) is 13.7. The molecule has 2 aliphatic rings. The molecule has 0 spiro atoms. The summed E-state index contributed by atoms with van der Waals surface area (Å²) < 4.78 is 31.9. The predicted molar refractivity (Wildman–Crippen MR) is 74.4 cm³/mol. The Morgan fingerprint density at radius 3 is 2.32 bits per heavy atom. The van der Waals surface area contributed by atoms with Gasteiger partial charge in [0.1, 0.15) is 0 Å². The summed E-state index contributed by atoms with van der Waals surface area (Å²) in [7, 11) is -3.13. The minimum absolute atomic E-state index is 0.239. The summed E-state index contributed by atoms with van der Waals surface area (Å²) in [6, 6.07) is 0. The van der Waals surface area contributed by atoms with Crippen molar-refractivity contribution in [1.82, 2.24) is 9.21 Å². The van der Waals surface area contributed by atoms with Crippen LogP contribution in [0.3, 0.4) is 0 Å². The molecule has 0 radical (unpaired) electrons. The molecule has 2 aliphatic heterocycles. The van der Waals surface area contributed by atoms with Crippen LogP contribution in [0, 0.1) is 0 Å². The molecule has 2 heterocycles. The van der Waals surface area contributed by atoms with Gasteiger partial charge in [-0.05, 0) is 32.4 Å². The van der Waals surface area contributed by atoms with Gasteiger partial charge in [-0.1, -0.05) is 0 Å². The lowest BCUT2D eigenvalue weighted by Gasteiger charge is -2.36. The summed E-state index contributed by atoms with van der Waals surface area (Å²) in [4.78, 5) is 2.29. The van der Waals surface area contributed by atoms with E-state index in [4.69, 9.17) is 10.5 Å². The molecule has 112 valence electrons. The van der Waals surface area contributed by atoms with Gasteiger partial charge < -0.3 is 15.4 Å². The average Bonchev–Trinajstić information content (AvgIpc) is 2.46. The predicted octanol–water partition coefficient (Wildman–Crippen LogP) is -0.538. The second-order valence-corrected chi connectivity index (χ2v) is 7.45. The van der Waals surface area contributed by atoms with Gasteiger partial charge in [-0.25, -0.2) is 8.42 Å². The Balaban J connectivity index is 1.85. The van der Waals surface area contributed by atoms with E-state index in [1.807, 2.05) is 0 Å². The average molecular weight is 291 g/mol. The summed E-state index contributed by atoms with van der Waals surface area (Å²) in [5, 5.41) is -0.239. The van der Waals surface area contributed by atoms with Crippen molar-refractivity contribution in [3.05, 3.63) is 0 Å². The van der Waals surface area contributed by atoms with Crippen LogP contribution < -0.4 is 5.73 Å². The van der Waals surface area contributed by atoms with Gasteiger partial charge in [0.25, 0.3) is 0 Å². The molecule has 2 rings (SSSR count). The van der Waals surface area contributed by atoms with Crippen LogP contribution in [0.5, 0.6) is 0 Å². The first-order valence-corrected chi connectivity index (χ1v) is 8.64. The highest BCUT2D eigenvalue weighted by Gasteiger charge is 2.34. The number of rotatable bonds is 5. The Bertz CT molecular complexity index is 360. The Labute approximate surface area is 115 Å². The third kappa shape index (κ3) is 3.88. The Morgan fingerprint density at radius 1 is 1.11 bits per heavy atom. The van der Waals surface area contributed by atoms with Crippen molar-refractivity contribution in [2.75, 3.05) is 52.5 Å². The smallest absolute Gasteiger partial charge is 0.217 e. The maximum absolute atomic E-state index is 12.5. The first-order chi connectivity index (χ1) is 9.14. The summed E-state index contributed by atoms with van der Waals surface area (Å²) >= 11 is 0. The molecule has 2 saturated heterocycles. The molecule has 0 amide bonds. The number of nitrogens with zero attached hydrogens (tertiary/aromatic N) is 2. The van der Waals surface area contributed by atoms with Gasteiger partial charge in [-0.15, -0.1) is 0 Å². The minimum atomic E-state index is -3.13. The number of piperazine rings is 1. The van der Waals surface area contributed by atoms with E-state index in [1.165, 1.54) is 0 Å². The van der Waals surface area contributed by atoms with Gasteiger partial charge in [0.15, 0.2) is 0 Å². The highest BCUT2D eigenvalue weighted by molar-refractivity contribution is 7.89. The molecule has 0 aromatic rings. The molecule has 6 nitrogen and oxygen atoms in total. The van der Waals surface area contributed by atoms with Crippen molar-refractivity contribution in [2.45, 2.75) is 24.5 Å². The highest BCUT2D eigenvalue weighted by atomic mass is 32.2. The molecule has 0 aliphatic carbocycles. The fraction of sp³-hybridized carbons (Fsp3) is 1.00. The topological polar surface area (TPSA) is 75.9 Å². The van der Waals surface area contributed by atoms with Crippen LogP contribution >= 0.6 is 0 Å². The maximum atomic E-state index is 12.5. The lowest BCUT2D eigenvalue weighted by atomic mass is 10.2. The molecule has 0 saturated carbocycles. The van der Waals surface area contributed by atoms with E-state index in [-0.39, 0.29) is 5.25 Å². The maximum Gasteiger partial charge on any atom is 0.217 e. The molecule has 2 N–H and O–H groups in total. The van der Waals surface area contributed by atoms with E-state index in [0.717, 1.165) is 26.1 Å². The monoisotopic (exact) mass is 291 g/mol. The van der Waals surface area contributed by atoms with Gasteiger partial charge >= 0.3 is 0 Å². The summed E-state index contributed by atoms with van der Waals surface area (Å²) in [5.74, 6) is 0. The fourth-order valence-corrected chi connectivity index (χ4v) is 4.59. The van der Waals surface area contributed by atoms with Crippen LogP contribution in [0.1, 0.15) is 19.3 Å². The SMILES string of the molecule is NCCCN1CCN(S(=O)(=O)C2CCOCC2)CC1. The molecule has 0 bridgehead atoms. The van der Waals surface area contributed by atoms with Crippen LogP contribution in [-0.2, 0) is 14.8 Å². The first-order valence-electron chi connectivity index (χ1n) is 7.13. The van der Waals surface area contributed by atoms with Gasteiger partial charge in [0.2, 0.25) is 10.0 Å². The van der Waals surface area contributed by atoms with Gasteiger partial charge in [-0.2, -0.15) is 4.31 Å². The van der Waals surface area contributed by atoms with Crippen molar-refractivity contribution < 1.29 is 13.2 Å². The van der Waals surface area contributed by atoms with E-state index < -0.39 is 10.0 Å². The van der Waals surface area contributed by atoms with Crippen LogP contribution in [0.4, 0.5) is 0 Å². The highest BCUT2D eigenvalue weighted by Crippen LogP contribution is 2.20. The van der Waals surface area contributed by atoms with Crippen LogP contribution in [0.25, 0.3) is 0 Å².